The second-order valence-electron chi connectivity index (χ2n) is 3.74. The summed E-state index contributed by atoms with van der Waals surface area (Å²) in [5.74, 6) is -0.812. The topological polar surface area (TPSA) is 72.3 Å². The molecule has 0 fully saturated rings. The molecule has 0 aromatic carbocycles. The molecule has 0 aliphatic heterocycles. The van der Waals surface area contributed by atoms with E-state index in [0.717, 1.165) is 9.88 Å². The summed E-state index contributed by atoms with van der Waals surface area (Å²) in [5, 5.41) is 9.99. The highest BCUT2D eigenvalue weighted by Crippen LogP contribution is 2.20. The number of rotatable bonds is 4. The molecule has 0 saturated carbocycles. The van der Waals surface area contributed by atoms with Gasteiger partial charge in [-0.15, -0.1) is 11.3 Å². The van der Waals surface area contributed by atoms with Crippen molar-refractivity contribution in [1.29, 1.82) is 0 Å². The fourth-order valence-electron chi connectivity index (χ4n) is 1.43. The SMILES string of the molecule is Cc1ccc(OCc2cnc(C)s2)c(C(=O)O)n1. The number of aromatic carboxylic acids is 1. The van der Waals surface area contributed by atoms with E-state index in [4.69, 9.17) is 9.84 Å². The van der Waals surface area contributed by atoms with E-state index in [9.17, 15) is 4.79 Å². The van der Waals surface area contributed by atoms with Gasteiger partial charge in [-0.2, -0.15) is 0 Å². The third-order valence-corrected chi connectivity index (χ3v) is 3.13. The van der Waals surface area contributed by atoms with Crippen molar-refractivity contribution in [2.75, 3.05) is 0 Å². The lowest BCUT2D eigenvalue weighted by molar-refractivity contribution is 0.0684. The van der Waals surface area contributed by atoms with Gasteiger partial charge in [-0.25, -0.2) is 14.8 Å². The van der Waals surface area contributed by atoms with Crippen LogP contribution in [-0.4, -0.2) is 21.0 Å². The zero-order valence-electron chi connectivity index (χ0n) is 10.0. The third-order valence-electron chi connectivity index (χ3n) is 2.24. The first-order valence-electron chi connectivity index (χ1n) is 5.31. The molecular formula is C12H12N2O3S. The maximum Gasteiger partial charge on any atom is 0.358 e. The molecule has 18 heavy (non-hydrogen) atoms. The molecule has 1 N–H and O–H groups in total. The van der Waals surface area contributed by atoms with Gasteiger partial charge in [0.05, 0.1) is 9.88 Å². The second kappa shape index (κ2) is 5.14. The Balaban J connectivity index is 2.16. The van der Waals surface area contributed by atoms with Crippen molar-refractivity contribution in [1.82, 2.24) is 9.97 Å². The molecule has 5 nitrogen and oxygen atoms in total. The van der Waals surface area contributed by atoms with Crippen molar-refractivity contribution in [2.45, 2.75) is 20.5 Å². The first kappa shape index (κ1) is 12.5. The number of carboxylic acids is 1. The van der Waals surface area contributed by atoms with Crippen LogP contribution in [0.15, 0.2) is 18.3 Å². The maximum absolute atomic E-state index is 11.0. The van der Waals surface area contributed by atoms with E-state index < -0.39 is 5.97 Å². The lowest BCUT2D eigenvalue weighted by atomic mass is 10.3. The molecule has 2 aromatic rings. The van der Waals surface area contributed by atoms with E-state index in [0.29, 0.717) is 12.3 Å². The van der Waals surface area contributed by atoms with E-state index in [1.54, 1.807) is 25.3 Å². The largest absolute Gasteiger partial charge is 0.485 e. The molecule has 2 rings (SSSR count). The molecular weight excluding hydrogens is 252 g/mol. The lowest BCUT2D eigenvalue weighted by Crippen LogP contribution is -2.06. The number of carbonyl (C=O) groups is 1. The summed E-state index contributed by atoms with van der Waals surface area (Å²) in [7, 11) is 0. The van der Waals surface area contributed by atoms with Gasteiger partial charge < -0.3 is 9.84 Å². The van der Waals surface area contributed by atoms with E-state index in [-0.39, 0.29) is 11.4 Å². The average Bonchev–Trinajstić information content (AvgIpc) is 2.73. The zero-order valence-corrected chi connectivity index (χ0v) is 10.8. The minimum Gasteiger partial charge on any atom is -0.485 e. The van der Waals surface area contributed by atoms with Crippen LogP contribution in [0, 0.1) is 13.8 Å². The van der Waals surface area contributed by atoms with Gasteiger partial charge in [0.15, 0.2) is 11.4 Å². The Hall–Kier alpha value is -1.95. The highest BCUT2D eigenvalue weighted by atomic mass is 32.1. The Morgan fingerprint density at radius 2 is 2.22 bits per heavy atom. The first-order valence-corrected chi connectivity index (χ1v) is 6.13. The molecule has 0 atom stereocenters. The quantitative estimate of drug-likeness (QED) is 0.918. The molecule has 2 aromatic heterocycles. The van der Waals surface area contributed by atoms with Gasteiger partial charge in [-0.1, -0.05) is 0 Å². The molecule has 0 radical (unpaired) electrons. The number of ether oxygens (including phenoxy) is 1. The van der Waals surface area contributed by atoms with Gasteiger partial charge in [0.25, 0.3) is 0 Å². The molecule has 0 spiro atoms. The fourth-order valence-corrected chi connectivity index (χ4v) is 2.14. The molecule has 6 heteroatoms. The number of thiazole rings is 1. The van der Waals surface area contributed by atoms with Gasteiger partial charge in [0, 0.05) is 11.9 Å². The lowest BCUT2D eigenvalue weighted by Gasteiger charge is -2.07. The number of nitrogens with zero attached hydrogens (tertiary/aromatic N) is 2. The van der Waals surface area contributed by atoms with Crippen LogP contribution in [0.2, 0.25) is 0 Å². The van der Waals surface area contributed by atoms with Crippen LogP contribution in [-0.2, 0) is 6.61 Å². The summed E-state index contributed by atoms with van der Waals surface area (Å²) in [4.78, 5) is 20.0. The molecule has 2 heterocycles. The summed E-state index contributed by atoms with van der Waals surface area (Å²) in [5.41, 5.74) is 0.588. The summed E-state index contributed by atoms with van der Waals surface area (Å²) < 4.78 is 5.48. The van der Waals surface area contributed by atoms with E-state index >= 15 is 0 Å². The van der Waals surface area contributed by atoms with Crippen molar-refractivity contribution in [3.05, 3.63) is 39.6 Å². The van der Waals surface area contributed by atoms with E-state index in [1.807, 2.05) is 6.92 Å². The van der Waals surface area contributed by atoms with Crippen LogP contribution in [0.25, 0.3) is 0 Å². The minimum atomic E-state index is -1.09. The summed E-state index contributed by atoms with van der Waals surface area (Å²) in [6.45, 7) is 3.95. The van der Waals surface area contributed by atoms with Gasteiger partial charge in [0.2, 0.25) is 0 Å². The van der Waals surface area contributed by atoms with Gasteiger partial charge in [-0.05, 0) is 26.0 Å². The van der Waals surface area contributed by atoms with E-state index in [1.165, 1.54) is 11.3 Å². The van der Waals surface area contributed by atoms with Crippen molar-refractivity contribution in [3.63, 3.8) is 0 Å². The molecule has 94 valence electrons. The highest BCUT2D eigenvalue weighted by molar-refractivity contribution is 7.11. The van der Waals surface area contributed by atoms with Crippen LogP contribution >= 0.6 is 11.3 Å². The second-order valence-corrected chi connectivity index (χ2v) is 5.06. The number of pyridine rings is 1. The molecule has 0 amide bonds. The number of aromatic nitrogens is 2. The normalized spacial score (nSPS) is 10.3. The van der Waals surface area contributed by atoms with Gasteiger partial charge >= 0.3 is 5.97 Å². The number of aryl methyl sites for hydroxylation is 2. The van der Waals surface area contributed by atoms with Crippen molar-refractivity contribution in [3.8, 4) is 5.75 Å². The summed E-state index contributed by atoms with van der Waals surface area (Å²) in [6, 6.07) is 3.35. The van der Waals surface area contributed by atoms with Crippen molar-refractivity contribution < 1.29 is 14.6 Å². The van der Waals surface area contributed by atoms with Crippen LogP contribution < -0.4 is 4.74 Å². The molecule has 0 saturated heterocycles. The van der Waals surface area contributed by atoms with Gasteiger partial charge in [-0.3, -0.25) is 0 Å². The summed E-state index contributed by atoms with van der Waals surface area (Å²) >= 11 is 1.52. The monoisotopic (exact) mass is 264 g/mol. The molecule has 0 aliphatic rings. The fraction of sp³-hybridized carbons (Fsp3) is 0.250. The Morgan fingerprint density at radius 3 is 2.83 bits per heavy atom. The molecule has 0 unspecified atom stereocenters. The number of hydrogen-bond donors (Lipinski definition) is 1. The van der Waals surface area contributed by atoms with Gasteiger partial charge in [0.1, 0.15) is 6.61 Å². The van der Waals surface area contributed by atoms with E-state index in [2.05, 4.69) is 9.97 Å². The minimum absolute atomic E-state index is 0.0590. The average molecular weight is 264 g/mol. The predicted octanol–water partition coefficient (Wildman–Crippen LogP) is 2.43. The molecule has 0 bridgehead atoms. The van der Waals surface area contributed by atoms with Crippen LogP contribution in [0.1, 0.15) is 26.1 Å². The Labute approximate surface area is 108 Å². The first-order chi connectivity index (χ1) is 8.56. The molecule has 0 aliphatic carbocycles. The third kappa shape index (κ3) is 2.84. The van der Waals surface area contributed by atoms with Crippen LogP contribution in [0.5, 0.6) is 5.75 Å². The predicted molar refractivity (Wildman–Crippen MR) is 67.1 cm³/mol. The summed E-state index contributed by atoms with van der Waals surface area (Å²) in [6.07, 6.45) is 1.72. The number of hydrogen-bond acceptors (Lipinski definition) is 5. The van der Waals surface area contributed by atoms with Crippen molar-refractivity contribution in [2.24, 2.45) is 0 Å². The Morgan fingerprint density at radius 1 is 1.44 bits per heavy atom. The number of carboxylic acid groups (broad SMARTS) is 1. The van der Waals surface area contributed by atoms with Crippen LogP contribution in [0.4, 0.5) is 0 Å². The zero-order chi connectivity index (χ0) is 13.1. The smallest absolute Gasteiger partial charge is 0.358 e. The van der Waals surface area contributed by atoms with Crippen molar-refractivity contribution >= 4 is 17.3 Å². The standard InChI is InChI=1S/C12H12N2O3S/c1-7-3-4-10(11(14-7)12(15)16)17-6-9-5-13-8(2)18-9/h3-5H,6H2,1-2H3,(H,15,16). The Kier molecular flexibility index (Phi) is 3.57. The van der Waals surface area contributed by atoms with Crippen LogP contribution in [0.3, 0.4) is 0 Å². The highest BCUT2D eigenvalue weighted by Gasteiger charge is 2.13. The maximum atomic E-state index is 11.0. The Bertz CT molecular complexity index is 580.